The molecule has 2 aromatic carbocycles. The molecule has 7 heteroatoms. The number of carbonyl (C=O) groups is 2. The smallest absolute Gasteiger partial charge is 0.257 e. The van der Waals surface area contributed by atoms with Crippen LogP contribution in [0, 0.1) is 0 Å². The molecule has 6 nitrogen and oxygen atoms in total. The van der Waals surface area contributed by atoms with Crippen LogP contribution in [0.3, 0.4) is 0 Å². The molecule has 27 heavy (non-hydrogen) atoms. The standard InChI is InChI=1S/C20H20ClN3O3/c1-23-16-10-12(5-7-14(16)20(26)24-9-3-4-18(23)24)19(25)22-13-6-8-17(27-2)15(21)11-13/h5-8,10-11,18H,3-4,9H2,1-2H3,(H,22,25). The molecule has 0 radical (unpaired) electrons. The number of hydrogen-bond acceptors (Lipinski definition) is 4. The number of rotatable bonds is 3. The Hall–Kier alpha value is -2.73. The summed E-state index contributed by atoms with van der Waals surface area (Å²) in [7, 11) is 3.51. The topological polar surface area (TPSA) is 61.9 Å². The molecule has 0 saturated carbocycles. The molecular weight excluding hydrogens is 366 g/mol. The number of fused-ring (bicyclic) bond motifs is 2. The van der Waals surface area contributed by atoms with E-state index >= 15 is 0 Å². The van der Waals surface area contributed by atoms with Crippen molar-refractivity contribution in [1.82, 2.24) is 4.90 Å². The number of benzene rings is 2. The van der Waals surface area contributed by atoms with Crippen molar-refractivity contribution in [3.8, 4) is 5.75 Å². The minimum absolute atomic E-state index is 0.0412. The van der Waals surface area contributed by atoms with E-state index in [2.05, 4.69) is 10.2 Å². The third kappa shape index (κ3) is 3.00. The van der Waals surface area contributed by atoms with Crippen molar-refractivity contribution in [1.29, 1.82) is 0 Å². The zero-order chi connectivity index (χ0) is 19.1. The molecule has 2 aliphatic rings. The second-order valence-electron chi connectivity index (χ2n) is 6.77. The summed E-state index contributed by atoms with van der Waals surface area (Å²) >= 11 is 6.12. The molecule has 0 aliphatic carbocycles. The van der Waals surface area contributed by atoms with Gasteiger partial charge in [0.15, 0.2) is 0 Å². The fourth-order valence-electron chi connectivity index (χ4n) is 3.80. The zero-order valence-electron chi connectivity index (χ0n) is 15.2. The van der Waals surface area contributed by atoms with Crippen LogP contribution in [0.2, 0.25) is 5.02 Å². The van der Waals surface area contributed by atoms with Crippen LogP contribution in [0.1, 0.15) is 33.6 Å². The highest BCUT2D eigenvalue weighted by molar-refractivity contribution is 6.32. The Balaban J connectivity index is 1.60. The normalized spacial score (nSPS) is 18.2. The molecule has 2 amide bonds. The Morgan fingerprint density at radius 2 is 2.07 bits per heavy atom. The van der Waals surface area contributed by atoms with Crippen molar-refractivity contribution in [3.63, 3.8) is 0 Å². The fourth-order valence-corrected chi connectivity index (χ4v) is 4.05. The Kier molecular flexibility index (Phi) is 4.44. The molecule has 2 heterocycles. The average molecular weight is 386 g/mol. The van der Waals surface area contributed by atoms with E-state index in [1.165, 1.54) is 7.11 Å². The highest BCUT2D eigenvalue weighted by Crippen LogP contribution is 2.35. The Labute approximate surface area is 162 Å². The first-order valence-corrected chi connectivity index (χ1v) is 9.20. The first-order chi connectivity index (χ1) is 13.0. The van der Waals surface area contributed by atoms with Crippen molar-refractivity contribution in [3.05, 3.63) is 52.5 Å². The van der Waals surface area contributed by atoms with Crippen LogP contribution < -0.4 is 15.0 Å². The fraction of sp³-hybridized carbons (Fsp3) is 0.300. The number of hydrogen-bond donors (Lipinski definition) is 1. The third-order valence-electron chi connectivity index (χ3n) is 5.21. The van der Waals surface area contributed by atoms with Crippen LogP contribution in [0.15, 0.2) is 36.4 Å². The van der Waals surface area contributed by atoms with Crippen LogP contribution in [0.25, 0.3) is 0 Å². The van der Waals surface area contributed by atoms with E-state index in [4.69, 9.17) is 16.3 Å². The Morgan fingerprint density at radius 3 is 2.81 bits per heavy atom. The summed E-state index contributed by atoms with van der Waals surface area (Å²) in [6.45, 7) is 0.785. The molecule has 0 bridgehead atoms. The second kappa shape index (κ2) is 6.78. The predicted molar refractivity (Wildman–Crippen MR) is 105 cm³/mol. The maximum absolute atomic E-state index is 12.7. The van der Waals surface area contributed by atoms with Crippen LogP contribution in [-0.2, 0) is 0 Å². The first kappa shape index (κ1) is 17.7. The van der Waals surface area contributed by atoms with Gasteiger partial charge in [-0.3, -0.25) is 9.59 Å². The monoisotopic (exact) mass is 385 g/mol. The number of carbonyl (C=O) groups excluding carboxylic acids is 2. The minimum Gasteiger partial charge on any atom is -0.495 e. The van der Waals surface area contributed by atoms with Crippen molar-refractivity contribution in [2.75, 3.05) is 30.9 Å². The molecule has 140 valence electrons. The predicted octanol–water partition coefficient (Wildman–Crippen LogP) is 3.61. The summed E-state index contributed by atoms with van der Waals surface area (Å²) in [5, 5.41) is 3.26. The molecule has 0 aromatic heterocycles. The van der Waals surface area contributed by atoms with Crippen molar-refractivity contribution in [2.24, 2.45) is 0 Å². The molecule has 4 rings (SSSR count). The lowest BCUT2D eigenvalue weighted by atomic mass is 10.0. The van der Waals surface area contributed by atoms with Gasteiger partial charge in [0.1, 0.15) is 11.9 Å². The molecule has 1 unspecified atom stereocenters. The number of halogens is 1. The molecule has 1 saturated heterocycles. The van der Waals surface area contributed by atoms with E-state index in [0.29, 0.717) is 27.6 Å². The lowest BCUT2D eigenvalue weighted by Gasteiger charge is -2.40. The van der Waals surface area contributed by atoms with E-state index in [9.17, 15) is 9.59 Å². The van der Waals surface area contributed by atoms with Crippen LogP contribution in [0.5, 0.6) is 5.75 Å². The lowest BCUT2D eigenvalue weighted by Crippen LogP contribution is -2.50. The van der Waals surface area contributed by atoms with E-state index in [1.807, 2.05) is 11.9 Å². The number of anilines is 2. The summed E-state index contributed by atoms with van der Waals surface area (Å²) in [5.74, 6) is 0.331. The van der Waals surface area contributed by atoms with Crippen LogP contribution >= 0.6 is 11.6 Å². The number of nitrogens with one attached hydrogen (secondary N) is 1. The molecule has 2 aromatic rings. The van der Waals surface area contributed by atoms with E-state index in [1.54, 1.807) is 36.4 Å². The molecule has 1 fully saturated rings. The third-order valence-corrected chi connectivity index (χ3v) is 5.50. The summed E-state index contributed by atoms with van der Waals surface area (Å²) in [6.07, 6.45) is 2.02. The Morgan fingerprint density at radius 1 is 1.26 bits per heavy atom. The van der Waals surface area contributed by atoms with Gasteiger partial charge in [-0.2, -0.15) is 0 Å². The van der Waals surface area contributed by atoms with Gasteiger partial charge in [0.05, 0.1) is 23.4 Å². The van der Waals surface area contributed by atoms with Gasteiger partial charge in [-0.1, -0.05) is 11.6 Å². The van der Waals surface area contributed by atoms with Gasteiger partial charge in [-0.15, -0.1) is 0 Å². The number of nitrogens with zero attached hydrogens (tertiary/aromatic N) is 2. The molecular formula is C20H20ClN3O3. The highest BCUT2D eigenvalue weighted by atomic mass is 35.5. The quantitative estimate of drug-likeness (QED) is 0.876. The Bertz CT molecular complexity index is 931. The number of amides is 2. The number of ether oxygens (including phenoxy) is 1. The maximum Gasteiger partial charge on any atom is 0.257 e. The molecule has 1 atom stereocenters. The highest BCUT2D eigenvalue weighted by Gasteiger charge is 2.38. The molecule has 1 N–H and O–H groups in total. The lowest BCUT2D eigenvalue weighted by molar-refractivity contribution is 0.0719. The second-order valence-corrected chi connectivity index (χ2v) is 7.17. The minimum atomic E-state index is -0.256. The van der Waals surface area contributed by atoms with Crippen LogP contribution in [0.4, 0.5) is 11.4 Å². The van der Waals surface area contributed by atoms with Crippen molar-refractivity contribution in [2.45, 2.75) is 19.0 Å². The van der Waals surface area contributed by atoms with Gasteiger partial charge >= 0.3 is 0 Å². The van der Waals surface area contributed by atoms with Gasteiger partial charge in [-0.05, 0) is 49.2 Å². The number of methoxy groups -OCH3 is 1. The molecule has 2 aliphatic heterocycles. The summed E-state index contributed by atoms with van der Waals surface area (Å²) in [4.78, 5) is 29.4. The van der Waals surface area contributed by atoms with Crippen LogP contribution in [-0.4, -0.2) is 43.6 Å². The van der Waals surface area contributed by atoms with Gasteiger partial charge in [0.25, 0.3) is 11.8 Å². The maximum atomic E-state index is 12.7. The SMILES string of the molecule is COc1ccc(NC(=O)c2ccc3c(c2)N(C)C2CCCN2C3=O)cc1Cl. The summed E-state index contributed by atoms with van der Waals surface area (Å²) in [6, 6.07) is 10.3. The zero-order valence-corrected chi connectivity index (χ0v) is 15.9. The van der Waals surface area contributed by atoms with E-state index < -0.39 is 0 Å². The van der Waals surface area contributed by atoms with Gasteiger partial charge < -0.3 is 19.9 Å². The molecule has 0 spiro atoms. The first-order valence-electron chi connectivity index (χ1n) is 8.82. The van der Waals surface area contributed by atoms with Crippen molar-refractivity contribution >= 4 is 34.8 Å². The van der Waals surface area contributed by atoms with Gasteiger partial charge in [-0.25, -0.2) is 0 Å². The average Bonchev–Trinajstić information content (AvgIpc) is 3.16. The van der Waals surface area contributed by atoms with Gasteiger partial charge in [0.2, 0.25) is 0 Å². The van der Waals surface area contributed by atoms with E-state index in [0.717, 1.165) is 25.1 Å². The van der Waals surface area contributed by atoms with Gasteiger partial charge in [0, 0.05) is 24.8 Å². The van der Waals surface area contributed by atoms with Crippen molar-refractivity contribution < 1.29 is 14.3 Å². The van der Waals surface area contributed by atoms with E-state index in [-0.39, 0.29) is 18.0 Å². The summed E-state index contributed by atoms with van der Waals surface area (Å²) in [5.41, 5.74) is 2.50. The largest absolute Gasteiger partial charge is 0.495 e. The summed E-state index contributed by atoms with van der Waals surface area (Å²) < 4.78 is 5.12.